The van der Waals surface area contributed by atoms with Crippen molar-refractivity contribution in [3.63, 3.8) is 0 Å². The SMILES string of the molecule is O=c1ccc2cnc(NC3CCN(S(=O)(=O)C4CN(C5CC5)C4)CC3)nc2n1C1CCCC1. The molecule has 4 heterocycles. The number of piperidine rings is 1. The summed E-state index contributed by atoms with van der Waals surface area (Å²) in [6.07, 6.45) is 9.98. The second-order valence-corrected chi connectivity index (χ2v) is 12.3. The molecule has 0 spiro atoms. The van der Waals surface area contributed by atoms with Crippen molar-refractivity contribution in [2.24, 2.45) is 0 Å². The van der Waals surface area contributed by atoms with Gasteiger partial charge in [0.15, 0.2) is 0 Å². The third-order valence-corrected chi connectivity index (χ3v) is 10.1. The minimum atomic E-state index is -3.21. The molecule has 2 aromatic rings. The van der Waals surface area contributed by atoms with Crippen molar-refractivity contribution >= 4 is 27.0 Å². The number of hydrogen-bond acceptors (Lipinski definition) is 7. The number of nitrogens with zero attached hydrogens (tertiary/aromatic N) is 5. The third-order valence-electron chi connectivity index (χ3n) is 7.86. The largest absolute Gasteiger partial charge is 0.351 e. The number of sulfonamides is 1. The van der Waals surface area contributed by atoms with Crippen LogP contribution in [0.4, 0.5) is 5.95 Å². The molecule has 2 aliphatic heterocycles. The van der Waals surface area contributed by atoms with Crippen molar-refractivity contribution in [3.05, 3.63) is 28.7 Å². The molecule has 178 valence electrons. The van der Waals surface area contributed by atoms with Crippen LogP contribution in [0.1, 0.15) is 57.4 Å². The predicted octanol–water partition coefficient (Wildman–Crippen LogP) is 1.96. The van der Waals surface area contributed by atoms with Gasteiger partial charge in [0.05, 0.1) is 0 Å². The molecule has 0 amide bonds. The van der Waals surface area contributed by atoms with Crippen LogP contribution in [0, 0.1) is 0 Å². The van der Waals surface area contributed by atoms with Crippen molar-refractivity contribution in [2.75, 3.05) is 31.5 Å². The van der Waals surface area contributed by atoms with E-state index in [-0.39, 0.29) is 22.9 Å². The highest BCUT2D eigenvalue weighted by molar-refractivity contribution is 7.89. The molecular formula is C23H32N6O3S. The quantitative estimate of drug-likeness (QED) is 0.686. The van der Waals surface area contributed by atoms with Gasteiger partial charge >= 0.3 is 0 Å². The fraction of sp³-hybridized carbons (Fsp3) is 0.696. The number of rotatable bonds is 6. The fourth-order valence-electron chi connectivity index (χ4n) is 5.67. The molecule has 0 aromatic carbocycles. The van der Waals surface area contributed by atoms with Gasteiger partial charge in [-0.25, -0.2) is 17.7 Å². The number of pyridine rings is 1. The molecule has 0 radical (unpaired) electrons. The maximum atomic E-state index is 13.0. The highest BCUT2D eigenvalue weighted by Gasteiger charge is 2.46. The van der Waals surface area contributed by atoms with Crippen molar-refractivity contribution in [3.8, 4) is 0 Å². The smallest absolute Gasteiger partial charge is 0.252 e. The Hall–Kier alpha value is -2.04. The van der Waals surface area contributed by atoms with E-state index in [0.29, 0.717) is 43.8 Å². The molecule has 6 rings (SSSR count). The zero-order chi connectivity index (χ0) is 22.6. The van der Waals surface area contributed by atoms with E-state index in [4.69, 9.17) is 4.98 Å². The van der Waals surface area contributed by atoms with Gasteiger partial charge in [-0.1, -0.05) is 12.8 Å². The second kappa shape index (κ2) is 8.32. The second-order valence-electron chi connectivity index (χ2n) is 10.1. The molecule has 10 heteroatoms. The number of aromatic nitrogens is 3. The van der Waals surface area contributed by atoms with Crippen molar-refractivity contribution in [1.82, 2.24) is 23.7 Å². The standard InChI is InChI=1S/C23H32N6O3S/c30-21-8-5-16-13-24-23(26-22(16)29(21)19-3-1-2-4-19)25-17-9-11-28(12-10-17)33(31,32)20-14-27(15-20)18-6-7-18/h5,8,13,17-20H,1-4,6-7,9-12,14-15H2,(H,24,25,26). The molecule has 9 nitrogen and oxygen atoms in total. The monoisotopic (exact) mass is 472 g/mol. The first-order valence-electron chi connectivity index (χ1n) is 12.4. The van der Waals surface area contributed by atoms with Gasteiger partial charge < -0.3 is 5.32 Å². The Balaban J connectivity index is 1.12. The molecule has 2 saturated carbocycles. The van der Waals surface area contributed by atoms with Crippen LogP contribution in [-0.2, 0) is 10.0 Å². The Kier molecular flexibility index (Phi) is 5.42. The van der Waals surface area contributed by atoms with Crippen LogP contribution in [0.5, 0.6) is 0 Å². The molecule has 2 aromatic heterocycles. The van der Waals surface area contributed by atoms with Gasteiger partial charge in [-0.05, 0) is 44.6 Å². The van der Waals surface area contributed by atoms with Gasteiger partial charge in [-0.15, -0.1) is 0 Å². The maximum absolute atomic E-state index is 13.0. The van der Waals surface area contributed by atoms with Gasteiger partial charge in [0.1, 0.15) is 10.9 Å². The van der Waals surface area contributed by atoms with E-state index in [2.05, 4.69) is 15.2 Å². The Labute approximate surface area is 194 Å². The lowest BCUT2D eigenvalue weighted by Crippen LogP contribution is -2.59. The van der Waals surface area contributed by atoms with Crippen molar-refractivity contribution < 1.29 is 8.42 Å². The van der Waals surface area contributed by atoms with Gasteiger partial charge in [-0.3, -0.25) is 14.3 Å². The van der Waals surface area contributed by atoms with Crippen molar-refractivity contribution in [2.45, 2.75) is 74.7 Å². The van der Waals surface area contributed by atoms with Crippen LogP contribution in [-0.4, -0.2) is 75.7 Å². The summed E-state index contributed by atoms with van der Waals surface area (Å²) in [5.41, 5.74) is 0.686. The van der Waals surface area contributed by atoms with Gasteiger partial charge in [0.2, 0.25) is 16.0 Å². The summed E-state index contributed by atoms with van der Waals surface area (Å²) in [4.78, 5) is 24.1. The Morgan fingerprint density at radius 2 is 1.67 bits per heavy atom. The van der Waals surface area contributed by atoms with Gasteiger partial charge in [-0.2, -0.15) is 4.98 Å². The lowest BCUT2D eigenvalue weighted by Gasteiger charge is -2.42. The summed E-state index contributed by atoms with van der Waals surface area (Å²) in [5, 5.41) is 4.03. The number of fused-ring (bicyclic) bond motifs is 1. The fourth-order valence-corrected chi connectivity index (χ4v) is 7.57. The van der Waals surface area contributed by atoms with Crippen LogP contribution >= 0.6 is 0 Å². The number of anilines is 1. The number of likely N-dealkylation sites (tertiary alicyclic amines) is 1. The zero-order valence-electron chi connectivity index (χ0n) is 18.9. The molecule has 1 N–H and O–H groups in total. The molecule has 0 atom stereocenters. The molecule has 2 aliphatic carbocycles. The topological polar surface area (TPSA) is 100 Å². The summed E-state index contributed by atoms with van der Waals surface area (Å²) in [5.74, 6) is 0.514. The van der Waals surface area contributed by atoms with E-state index in [9.17, 15) is 13.2 Å². The molecule has 0 bridgehead atoms. The minimum absolute atomic E-state index is 0.00573. The lowest BCUT2D eigenvalue weighted by molar-refractivity contribution is 0.168. The van der Waals surface area contributed by atoms with Crippen LogP contribution in [0.2, 0.25) is 0 Å². The van der Waals surface area contributed by atoms with Crippen LogP contribution in [0.3, 0.4) is 0 Å². The summed E-state index contributed by atoms with van der Waals surface area (Å²) in [7, 11) is -3.21. The molecule has 4 fully saturated rings. The van der Waals surface area contributed by atoms with E-state index < -0.39 is 10.0 Å². The Morgan fingerprint density at radius 1 is 0.939 bits per heavy atom. The summed E-state index contributed by atoms with van der Waals surface area (Å²) in [6.45, 7) is 2.44. The Bertz CT molecular complexity index is 1190. The summed E-state index contributed by atoms with van der Waals surface area (Å²) in [6, 6.07) is 4.37. The van der Waals surface area contributed by atoms with Crippen LogP contribution in [0.25, 0.3) is 11.0 Å². The normalized spacial score (nSPS) is 24.4. The lowest BCUT2D eigenvalue weighted by atomic mass is 10.1. The highest BCUT2D eigenvalue weighted by atomic mass is 32.2. The van der Waals surface area contributed by atoms with E-state index in [1.807, 2.05) is 4.57 Å². The van der Waals surface area contributed by atoms with Gasteiger partial charge in [0.25, 0.3) is 5.56 Å². The van der Waals surface area contributed by atoms with E-state index in [1.54, 1.807) is 22.6 Å². The van der Waals surface area contributed by atoms with E-state index in [1.165, 1.54) is 12.8 Å². The highest BCUT2D eigenvalue weighted by Crippen LogP contribution is 2.34. The first-order chi connectivity index (χ1) is 16.0. The number of hydrogen-bond donors (Lipinski definition) is 1. The molecular weight excluding hydrogens is 440 g/mol. The van der Waals surface area contributed by atoms with Gasteiger partial charge in [0, 0.05) is 62.0 Å². The first-order valence-corrected chi connectivity index (χ1v) is 13.9. The summed E-state index contributed by atoms with van der Waals surface area (Å²) < 4.78 is 29.5. The maximum Gasteiger partial charge on any atom is 0.252 e. The van der Waals surface area contributed by atoms with E-state index >= 15 is 0 Å². The first kappa shape index (κ1) is 21.5. The number of nitrogens with one attached hydrogen (secondary N) is 1. The average molecular weight is 473 g/mol. The summed E-state index contributed by atoms with van der Waals surface area (Å²) >= 11 is 0. The minimum Gasteiger partial charge on any atom is -0.351 e. The van der Waals surface area contributed by atoms with E-state index in [0.717, 1.165) is 43.9 Å². The molecule has 33 heavy (non-hydrogen) atoms. The predicted molar refractivity (Wildman–Crippen MR) is 127 cm³/mol. The van der Waals surface area contributed by atoms with Crippen LogP contribution in [0.15, 0.2) is 23.1 Å². The molecule has 2 saturated heterocycles. The third kappa shape index (κ3) is 4.06. The van der Waals surface area contributed by atoms with Crippen molar-refractivity contribution in [1.29, 1.82) is 0 Å². The molecule has 4 aliphatic rings. The Morgan fingerprint density at radius 3 is 2.36 bits per heavy atom. The van der Waals surface area contributed by atoms with Crippen LogP contribution < -0.4 is 10.9 Å². The molecule has 0 unspecified atom stereocenters. The average Bonchev–Trinajstić information content (AvgIpc) is 3.45. The zero-order valence-corrected chi connectivity index (χ0v) is 19.7.